The molecule has 1 amide bonds. The zero-order valence-corrected chi connectivity index (χ0v) is 20.1. The van der Waals surface area contributed by atoms with Gasteiger partial charge in [-0.1, -0.05) is 48.0 Å². The van der Waals surface area contributed by atoms with Gasteiger partial charge in [0, 0.05) is 6.04 Å². The second-order valence-corrected chi connectivity index (χ2v) is 9.94. The maximum Gasteiger partial charge on any atom is 0.262 e. The van der Waals surface area contributed by atoms with E-state index < -0.39 is 22.0 Å². The molecule has 0 aromatic heterocycles. The minimum atomic E-state index is -3.74. The summed E-state index contributed by atoms with van der Waals surface area (Å²) in [7, 11) is -3.74. The number of amides is 1. The highest BCUT2D eigenvalue weighted by Gasteiger charge is 2.28. The predicted octanol–water partition coefficient (Wildman–Crippen LogP) is 3.78. The van der Waals surface area contributed by atoms with E-state index in [1.54, 1.807) is 29.7 Å². The van der Waals surface area contributed by atoms with E-state index in [1.807, 2.05) is 68.4 Å². The van der Waals surface area contributed by atoms with Crippen LogP contribution in [-0.4, -0.2) is 38.4 Å². The topological polar surface area (TPSA) is 108 Å². The van der Waals surface area contributed by atoms with Gasteiger partial charge in [0.25, 0.3) is 5.91 Å². The average Bonchev–Trinajstić information content (AvgIpc) is 2.83. The van der Waals surface area contributed by atoms with Gasteiger partial charge in [-0.2, -0.15) is 0 Å². The summed E-state index contributed by atoms with van der Waals surface area (Å²) in [6, 6.07) is 22.2. The number of benzene rings is 3. The minimum absolute atomic E-state index is 0.222. The van der Waals surface area contributed by atoms with E-state index in [-0.39, 0.29) is 12.6 Å². The zero-order valence-electron chi connectivity index (χ0n) is 19.3. The van der Waals surface area contributed by atoms with E-state index in [9.17, 15) is 18.4 Å². The molecule has 3 aromatic carbocycles. The molecular formula is C25H29N3O5S. The first-order valence-electron chi connectivity index (χ1n) is 10.7. The Morgan fingerprint density at radius 3 is 2.06 bits per heavy atom. The normalized spacial score (nSPS) is 13.1. The highest BCUT2D eigenvalue weighted by atomic mass is 32.2. The Kier molecular flexibility index (Phi) is 8.27. The van der Waals surface area contributed by atoms with Crippen LogP contribution in [0, 0.1) is 6.92 Å². The van der Waals surface area contributed by atoms with Crippen molar-refractivity contribution >= 4 is 21.6 Å². The third-order valence-corrected chi connectivity index (χ3v) is 6.47. The van der Waals surface area contributed by atoms with Gasteiger partial charge in [-0.3, -0.25) is 19.6 Å². The molecule has 0 aliphatic carbocycles. The molecule has 180 valence electrons. The molecule has 3 aromatic rings. The number of carbonyl (C=O) groups is 1. The van der Waals surface area contributed by atoms with Gasteiger partial charge in [0.2, 0.25) is 10.0 Å². The molecule has 0 aliphatic rings. The van der Waals surface area contributed by atoms with Crippen LogP contribution < -0.4 is 19.8 Å². The van der Waals surface area contributed by atoms with Crippen LogP contribution in [0.4, 0.5) is 5.69 Å². The van der Waals surface area contributed by atoms with Crippen LogP contribution in [0.1, 0.15) is 24.1 Å². The SMILES string of the molecule is Cc1ccc(Oc2ccc(N(C[C@H](N[C@@H](C)c3ccccc3)C(=O)NO)S(C)(=O)=O)cc2)cc1. The molecule has 0 aliphatic heterocycles. The van der Waals surface area contributed by atoms with Crippen molar-refractivity contribution in [2.24, 2.45) is 0 Å². The van der Waals surface area contributed by atoms with Gasteiger partial charge in [-0.25, -0.2) is 13.9 Å². The fraction of sp³-hybridized carbons (Fsp3) is 0.240. The van der Waals surface area contributed by atoms with Crippen molar-refractivity contribution in [3.8, 4) is 11.5 Å². The van der Waals surface area contributed by atoms with Gasteiger partial charge >= 0.3 is 0 Å². The number of hydroxylamine groups is 1. The first-order chi connectivity index (χ1) is 16.2. The molecule has 0 saturated heterocycles. The monoisotopic (exact) mass is 483 g/mol. The first-order valence-corrected chi connectivity index (χ1v) is 12.6. The quantitative estimate of drug-likeness (QED) is 0.299. The Morgan fingerprint density at radius 1 is 0.971 bits per heavy atom. The molecule has 8 nitrogen and oxygen atoms in total. The lowest BCUT2D eigenvalue weighted by Crippen LogP contribution is -2.52. The summed E-state index contributed by atoms with van der Waals surface area (Å²) < 4.78 is 32.2. The lowest BCUT2D eigenvalue weighted by atomic mass is 10.1. The number of rotatable bonds is 10. The predicted molar refractivity (Wildman–Crippen MR) is 132 cm³/mol. The number of carbonyl (C=O) groups excluding carboxylic acids is 1. The molecule has 0 unspecified atom stereocenters. The maximum absolute atomic E-state index is 12.6. The van der Waals surface area contributed by atoms with E-state index >= 15 is 0 Å². The third-order valence-electron chi connectivity index (χ3n) is 5.31. The standard InChI is InChI=1S/C25H29N3O5S/c1-18-9-13-22(14-10-18)33-23-15-11-21(12-16-23)28(34(3,31)32)17-24(25(29)27-30)26-19(2)20-7-5-4-6-8-20/h4-16,19,24,26,30H,17H2,1-3H3,(H,27,29)/t19-,24-/m0/s1. The molecule has 0 radical (unpaired) electrons. The molecule has 0 fully saturated rings. The summed E-state index contributed by atoms with van der Waals surface area (Å²) in [5, 5.41) is 12.3. The summed E-state index contributed by atoms with van der Waals surface area (Å²) in [5.74, 6) is 0.467. The lowest BCUT2D eigenvalue weighted by Gasteiger charge is -2.29. The number of anilines is 1. The van der Waals surface area contributed by atoms with Gasteiger partial charge in [-0.15, -0.1) is 0 Å². The summed E-state index contributed by atoms with van der Waals surface area (Å²) in [6.45, 7) is 3.62. The molecule has 0 heterocycles. The first kappa shape index (κ1) is 25.2. The Morgan fingerprint density at radius 2 is 1.53 bits per heavy atom. The Balaban J connectivity index is 1.80. The van der Waals surface area contributed by atoms with E-state index in [0.29, 0.717) is 17.2 Å². The Labute approximate surface area is 200 Å². The summed E-state index contributed by atoms with van der Waals surface area (Å²) in [5.41, 5.74) is 4.02. The van der Waals surface area contributed by atoms with Gasteiger partial charge in [0.1, 0.15) is 17.5 Å². The number of sulfonamides is 1. The molecule has 0 spiro atoms. The third kappa shape index (κ3) is 6.80. The van der Waals surface area contributed by atoms with E-state index in [1.165, 1.54) is 0 Å². The average molecular weight is 484 g/mol. The number of nitrogens with one attached hydrogen (secondary N) is 2. The van der Waals surface area contributed by atoms with Crippen LogP contribution in [0.15, 0.2) is 78.9 Å². The van der Waals surface area contributed by atoms with Crippen LogP contribution in [-0.2, 0) is 14.8 Å². The Hall–Kier alpha value is -3.40. The van der Waals surface area contributed by atoms with Crippen molar-refractivity contribution in [3.63, 3.8) is 0 Å². The van der Waals surface area contributed by atoms with Crippen LogP contribution >= 0.6 is 0 Å². The fourth-order valence-corrected chi connectivity index (χ4v) is 4.37. The number of aryl methyl sites for hydroxylation is 1. The maximum atomic E-state index is 12.6. The Bertz CT molecular complexity index is 1180. The zero-order chi connectivity index (χ0) is 24.7. The second kappa shape index (κ2) is 11.1. The van der Waals surface area contributed by atoms with Crippen molar-refractivity contribution < 1.29 is 23.2 Å². The molecule has 0 saturated carbocycles. The van der Waals surface area contributed by atoms with Gasteiger partial charge in [-0.05, 0) is 55.8 Å². The van der Waals surface area contributed by atoms with Crippen molar-refractivity contribution in [2.75, 3.05) is 17.1 Å². The van der Waals surface area contributed by atoms with Crippen LogP contribution in [0.3, 0.4) is 0 Å². The highest BCUT2D eigenvalue weighted by Crippen LogP contribution is 2.26. The van der Waals surface area contributed by atoms with Crippen molar-refractivity contribution in [1.82, 2.24) is 10.8 Å². The van der Waals surface area contributed by atoms with Crippen LogP contribution in [0.25, 0.3) is 0 Å². The van der Waals surface area contributed by atoms with E-state index in [0.717, 1.165) is 21.7 Å². The van der Waals surface area contributed by atoms with Crippen molar-refractivity contribution in [3.05, 3.63) is 90.0 Å². The fourth-order valence-electron chi connectivity index (χ4n) is 3.45. The summed E-state index contributed by atoms with van der Waals surface area (Å²) in [6.07, 6.45) is 1.07. The highest BCUT2D eigenvalue weighted by molar-refractivity contribution is 7.92. The minimum Gasteiger partial charge on any atom is -0.457 e. The number of ether oxygens (including phenoxy) is 1. The van der Waals surface area contributed by atoms with E-state index in [4.69, 9.17) is 4.74 Å². The van der Waals surface area contributed by atoms with Crippen LogP contribution in [0.2, 0.25) is 0 Å². The molecule has 2 atom stereocenters. The van der Waals surface area contributed by atoms with Crippen molar-refractivity contribution in [2.45, 2.75) is 25.9 Å². The molecule has 34 heavy (non-hydrogen) atoms. The molecular weight excluding hydrogens is 454 g/mol. The molecule has 3 N–H and O–H groups in total. The van der Waals surface area contributed by atoms with Gasteiger partial charge < -0.3 is 4.74 Å². The number of hydrogen-bond acceptors (Lipinski definition) is 6. The second-order valence-electron chi connectivity index (χ2n) is 8.03. The molecule has 9 heteroatoms. The summed E-state index contributed by atoms with van der Waals surface area (Å²) >= 11 is 0. The largest absolute Gasteiger partial charge is 0.457 e. The molecule has 0 bridgehead atoms. The van der Waals surface area contributed by atoms with Crippen LogP contribution in [0.5, 0.6) is 11.5 Å². The smallest absolute Gasteiger partial charge is 0.262 e. The summed E-state index contributed by atoms with van der Waals surface area (Å²) in [4.78, 5) is 12.4. The molecule has 3 rings (SSSR count). The number of hydrogen-bond donors (Lipinski definition) is 3. The van der Waals surface area contributed by atoms with Gasteiger partial charge in [0.05, 0.1) is 18.5 Å². The van der Waals surface area contributed by atoms with Gasteiger partial charge in [0.15, 0.2) is 0 Å². The van der Waals surface area contributed by atoms with E-state index in [2.05, 4.69) is 5.32 Å². The van der Waals surface area contributed by atoms with Crippen molar-refractivity contribution in [1.29, 1.82) is 0 Å². The number of nitrogens with zero attached hydrogens (tertiary/aromatic N) is 1. The lowest BCUT2D eigenvalue weighted by molar-refractivity contribution is -0.131.